The predicted molar refractivity (Wildman–Crippen MR) is 83.9 cm³/mol. The molecule has 0 heterocycles. The Morgan fingerprint density at radius 1 is 0.889 bits per heavy atom. The Labute approximate surface area is 131 Å². The molecule has 2 nitrogen and oxygen atoms in total. The van der Waals surface area contributed by atoms with E-state index in [1.165, 1.54) is 0 Å². The van der Waals surface area contributed by atoms with Crippen molar-refractivity contribution in [2.45, 2.75) is 6.54 Å². The minimum atomic E-state index is 0.515. The highest BCUT2D eigenvalue weighted by molar-refractivity contribution is 9.11. The topological polar surface area (TPSA) is 35.2 Å². The zero-order valence-electron chi connectivity index (χ0n) is 9.29. The number of halogens is 3. The molecule has 0 atom stereocenters. The molecule has 0 bridgehead atoms. The molecular formula is C13H10Br3NO. The molecule has 0 spiro atoms. The summed E-state index contributed by atoms with van der Waals surface area (Å²) < 4.78 is 8.62. The Kier molecular flexibility index (Phi) is 4.84. The van der Waals surface area contributed by atoms with Crippen molar-refractivity contribution in [1.29, 1.82) is 0 Å². The van der Waals surface area contributed by atoms with Crippen LogP contribution < -0.4 is 10.5 Å². The molecule has 2 aromatic carbocycles. The molecule has 0 aliphatic heterocycles. The number of benzene rings is 2. The van der Waals surface area contributed by atoms with Crippen LogP contribution in [0.5, 0.6) is 11.5 Å². The van der Waals surface area contributed by atoms with E-state index >= 15 is 0 Å². The van der Waals surface area contributed by atoms with Crippen molar-refractivity contribution in [2.75, 3.05) is 0 Å². The summed E-state index contributed by atoms with van der Waals surface area (Å²) in [5.74, 6) is 1.52. The zero-order valence-corrected chi connectivity index (χ0v) is 14.0. The second kappa shape index (κ2) is 6.19. The highest BCUT2D eigenvalue weighted by Crippen LogP contribution is 2.35. The van der Waals surface area contributed by atoms with Crippen LogP contribution in [-0.4, -0.2) is 0 Å². The van der Waals surface area contributed by atoms with E-state index < -0.39 is 0 Å². The van der Waals surface area contributed by atoms with Gasteiger partial charge in [-0.25, -0.2) is 0 Å². The van der Waals surface area contributed by atoms with Gasteiger partial charge in [0.15, 0.2) is 0 Å². The third-order valence-electron chi connectivity index (χ3n) is 2.35. The fourth-order valence-electron chi connectivity index (χ4n) is 1.43. The maximum absolute atomic E-state index is 5.84. The molecule has 0 fully saturated rings. The lowest BCUT2D eigenvalue weighted by Gasteiger charge is -2.10. The SMILES string of the molecule is NCc1ccc(Oc2ccc(Br)cc2Br)c(Br)c1. The maximum atomic E-state index is 5.84. The van der Waals surface area contributed by atoms with Crippen molar-refractivity contribution >= 4 is 47.8 Å². The van der Waals surface area contributed by atoms with Crippen molar-refractivity contribution < 1.29 is 4.74 Å². The van der Waals surface area contributed by atoms with E-state index in [1.54, 1.807) is 0 Å². The second-order valence-corrected chi connectivity index (χ2v) is 6.27. The second-order valence-electron chi connectivity index (χ2n) is 3.65. The number of nitrogens with two attached hydrogens (primary N) is 1. The van der Waals surface area contributed by atoms with Gasteiger partial charge in [0.25, 0.3) is 0 Å². The lowest BCUT2D eigenvalue weighted by atomic mass is 10.2. The minimum Gasteiger partial charge on any atom is -0.455 e. The van der Waals surface area contributed by atoms with Gasteiger partial charge in [0.05, 0.1) is 8.95 Å². The average Bonchev–Trinajstić information content (AvgIpc) is 2.34. The van der Waals surface area contributed by atoms with Crippen molar-refractivity contribution in [2.24, 2.45) is 5.73 Å². The lowest BCUT2D eigenvalue weighted by molar-refractivity contribution is 0.476. The van der Waals surface area contributed by atoms with Crippen molar-refractivity contribution in [3.8, 4) is 11.5 Å². The average molecular weight is 436 g/mol. The van der Waals surface area contributed by atoms with E-state index in [1.807, 2.05) is 36.4 Å². The number of hydrogen-bond acceptors (Lipinski definition) is 2. The normalized spacial score (nSPS) is 10.4. The lowest BCUT2D eigenvalue weighted by Crippen LogP contribution is -1.96. The molecule has 5 heteroatoms. The molecule has 2 aromatic rings. The van der Waals surface area contributed by atoms with Gasteiger partial charge in [0, 0.05) is 11.0 Å². The van der Waals surface area contributed by atoms with Crippen LogP contribution in [0.4, 0.5) is 0 Å². The van der Waals surface area contributed by atoms with Gasteiger partial charge in [-0.3, -0.25) is 0 Å². The van der Waals surface area contributed by atoms with E-state index in [0.29, 0.717) is 6.54 Å². The predicted octanol–water partition coefficient (Wildman–Crippen LogP) is 5.23. The Balaban J connectivity index is 2.28. The van der Waals surface area contributed by atoms with E-state index in [-0.39, 0.29) is 0 Å². The third kappa shape index (κ3) is 3.35. The highest BCUT2D eigenvalue weighted by atomic mass is 79.9. The Hall–Kier alpha value is -0.360. The summed E-state index contributed by atoms with van der Waals surface area (Å²) in [6.45, 7) is 0.515. The molecule has 0 saturated heterocycles. The molecule has 0 saturated carbocycles. The van der Waals surface area contributed by atoms with E-state index in [9.17, 15) is 0 Å². The van der Waals surface area contributed by atoms with Crippen LogP contribution in [0.1, 0.15) is 5.56 Å². The molecule has 94 valence electrons. The molecule has 0 aliphatic carbocycles. The zero-order chi connectivity index (χ0) is 13.1. The molecule has 2 N–H and O–H groups in total. The summed E-state index contributed by atoms with van der Waals surface area (Å²) in [6.07, 6.45) is 0. The van der Waals surface area contributed by atoms with Gasteiger partial charge in [-0.15, -0.1) is 0 Å². The van der Waals surface area contributed by atoms with E-state index in [2.05, 4.69) is 47.8 Å². The first kappa shape index (κ1) is 14.1. The van der Waals surface area contributed by atoms with Crippen molar-refractivity contribution in [1.82, 2.24) is 0 Å². The van der Waals surface area contributed by atoms with Crippen molar-refractivity contribution in [3.63, 3.8) is 0 Å². The number of ether oxygens (including phenoxy) is 1. The van der Waals surface area contributed by atoms with Crippen LogP contribution in [0.2, 0.25) is 0 Å². The minimum absolute atomic E-state index is 0.515. The molecule has 0 radical (unpaired) electrons. The summed E-state index contributed by atoms with van der Waals surface area (Å²) in [6, 6.07) is 11.6. The monoisotopic (exact) mass is 433 g/mol. The Bertz CT molecular complexity index is 572. The molecule has 0 aliphatic rings. The first-order valence-corrected chi connectivity index (χ1v) is 7.59. The van der Waals surface area contributed by atoms with Crippen LogP contribution in [0.3, 0.4) is 0 Å². The largest absolute Gasteiger partial charge is 0.455 e. The van der Waals surface area contributed by atoms with Gasteiger partial charge in [-0.1, -0.05) is 22.0 Å². The quantitative estimate of drug-likeness (QED) is 0.716. The van der Waals surface area contributed by atoms with Gasteiger partial charge in [0.1, 0.15) is 11.5 Å². The smallest absolute Gasteiger partial charge is 0.141 e. The van der Waals surface area contributed by atoms with Gasteiger partial charge in [0.2, 0.25) is 0 Å². The van der Waals surface area contributed by atoms with Crippen molar-refractivity contribution in [3.05, 3.63) is 55.4 Å². The Morgan fingerprint density at radius 3 is 2.06 bits per heavy atom. The number of rotatable bonds is 3. The molecule has 0 amide bonds. The molecule has 18 heavy (non-hydrogen) atoms. The summed E-state index contributed by atoms with van der Waals surface area (Å²) in [5, 5.41) is 0. The molecule has 0 aromatic heterocycles. The van der Waals surface area contributed by atoms with E-state index in [0.717, 1.165) is 30.5 Å². The summed E-state index contributed by atoms with van der Waals surface area (Å²) >= 11 is 10.4. The summed E-state index contributed by atoms with van der Waals surface area (Å²) in [5.41, 5.74) is 6.65. The summed E-state index contributed by atoms with van der Waals surface area (Å²) in [7, 11) is 0. The fourth-order valence-corrected chi connectivity index (χ4v) is 3.07. The van der Waals surface area contributed by atoms with E-state index in [4.69, 9.17) is 10.5 Å². The highest BCUT2D eigenvalue weighted by Gasteiger charge is 2.07. The van der Waals surface area contributed by atoms with Crippen LogP contribution in [0, 0.1) is 0 Å². The number of hydrogen-bond donors (Lipinski definition) is 1. The van der Waals surface area contributed by atoms with Gasteiger partial charge in [-0.2, -0.15) is 0 Å². The molecular weight excluding hydrogens is 426 g/mol. The molecule has 2 rings (SSSR count). The molecule has 0 unspecified atom stereocenters. The first-order chi connectivity index (χ1) is 8.60. The first-order valence-electron chi connectivity index (χ1n) is 5.21. The van der Waals surface area contributed by atoms with Gasteiger partial charge in [-0.05, 0) is 67.8 Å². The van der Waals surface area contributed by atoms with Crippen LogP contribution in [0.15, 0.2) is 49.8 Å². The third-order valence-corrected chi connectivity index (χ3v) is 4.08. The van der Waals surface area contributed by atoms with Gasteiger partial charge >= 0.3 is 0 Å². The Morgan fingerprint density at radius 2 is 1.50 bits per heavy atom. The van der Waals surface area contributed by atoms with Gasteiger partial charge < -0.3 is 10.5 Å². The maximum Gasteiger partial charge on any atom is 0.141 e. The van der Waals surface area contributed by atoms with Crippen LogP contribution in [-0.2, 0) is 6.54 Å². The summed E-state index contributed by atoms with van der Waals surface area (Å²) in [4.78, 5) is 0. The van der Waals surface area contributed by atoms with Crippen LogP contribution >= 0.6 is 47.8 Å². The standard InChI is InChI=1S/C13H10Br3NO/c14-9-2-4-13(11(16)6-9)18-12-3-1-8(7-17)5-10(12)15/h1-6H,7,17H2. The van der Waals surface area contributed by atoms with Crippen LogP contribution in [0.25, 0.3) is 0 Å². The fraction of sp³-hybridized carbons (Fsp3) is 0.0769.